The van der Waals surface area contributed by atoms with Crippen molar-refractivity contribution >= 4 is 17.7 Å². The molecule has 2 aromatic rings. The number of amides is 3. The van der Waals surface area contributed by atoms with Gasteiger partial charge in [-0.1, -0.05) is 18.2 Å². The van der Waals surface area contributed by atoms with Crippen LogP contribution in [0.4, 0.5) is 0 Å². The highest BCUT2D eigenvalue weighted by Gasteiger charge is 2.59. The third kappa shape index (κ3) is 2.24. The van der Waals surface area contributed by atoms with Crippen LogP contribution in [-0.4, -0.2) is 40.1 Å². The van der Waals surface area contributed by atoms with E-state index in [9.17, 15) is 19.6 Å². The summed E-state index contributed by atoms with van der Waals surface area (Å²) in [5.41, 5.74) is 2.51. The maximum absolute atomic E-state index is 13.3. The molecule has 1 fully saturated rings. The zero-order valence-electron chi connectivity index (χ0n) is 16.0. The molecular weight excluding hydrogens is 366 g/mol. The number of hydrogen-bond donors (Lipinski definition) is 0. The summed E-state index contributed by atoms with van der Waals surface area (Å²) in [5, 5.41) is 9.32. The number of nitrogens with zero attached hydrogens (tertiary/aromatic N) is 3. The first-order chi connectivity index (χ1) is 14.0. The largest absolute Gasteiger partial charge is 0.338 e. The van der Waals surface area contributed by atoms with Crippen molar-refractivity contribution in [3.8, 4) is 6.07 Å². The Morgan fingerprint density at radius 2 is 1.72 bits per heavy atom. The minimum Gasteiger partial charge on any atom is -0.338 e. The molecule has 144 valence electrons. The fourth-order valence-corrected chi connectivity index (χ4v) is 5.04. The molecule has 1 aliphatic carbocycles. The molecule has 5 rings (SSSR count). The van der Waals surface area contributed by atoms with Crippen LogP contribution < -0.4 is 0 Å². The molecule has 6 nitrogen and oxygen atoms in total. The van der Waals surface area contributed by atoms with E-state index in [4.69, 9.17) is 0 Å². The molecule has 1 spiro atoms. The SMILES string of the molecule is CCN1Cc2ccc(C#N)cc2C2(CC(N3C(=O)c4ccccc4C3=O)C2)C1=O. The fraction of sp³-hybridized carbons (Fsp3) is 0.304. The monoisotopic (exact) mass is 385 g/mol. The molecule has 2 heterocycles. The van der Waals surface area contributed by atoms with Crippen LogP contribution in [0.5, 0.6) is 0 Å². The third-order valence-corrected chi connectivity index (χ3v) is 6.55. The Morgan fingerprint density at radius 3 is 2.31 bits per heavy atom. The average molecular weight is 385 g/mol. The highest BCUT2D eigenvalue weighted by Crippen LogP contribution is 2.52. The van der Waals surface area contributed by atoms with Crippen LogP contribution >= 0.6 is 0 Å². The van der Waals surface area contributed by atoms with E-state index in [-0.39, 0.29) is 23.8 Å². The Bertz CT molecular complexity index is 1090. The maximum atomic E-state index is 13.3. The summed E-state index contributed by atoms with van der Waals surface area (Å²) in [6.45, 7) is 3.06. The Kier molecular flexibility index (Phi) is 3.66. The van der Waals surface area contributed by atoms with E-state index in [1.807, 2.05) is 17.9 Å². The summed E-state index contributed by atoms with van der Waals surface area (Å²) >= 11 is 0. The lowest BCUT2D eigenvalue weighted by atomic mass is 9.58. The van der Waals surface area contributed by atoms with Crippen molar-refractivity contribution < 1.29 is 14.4 Å². The number of imide groups is 1. The smallest absolute Gasteiger partial charge is 0.261 e. The molecule has 0 aromatic heterocycles. The molecule has 0 radical (unpaired) electrons. The van der Waals surface area contributed by atoms with Crippen molar-refractivity contribution in [2.24, 2.45) is 0 Å². The molecular formula is C23H19N3O3. The van der Waals surface area contributed by atoms with Crippen LogP contribution in [0.2, 0.25) is 0 Å². The van der Waals surface area contributed by atoms with Crippen molar-refractivity contribution in [1.29, 1.82) is 5.26 Å². The normalized spacial score (nSPS) is 25.0. The quantitative estimate of drug-likeness (QED) is 0.744. The minimum atomic E-state index is -0.767. The molecule has 3 aliphatic rings. The Hall–Kier alpha value is -3.46. The van der Waals surface area contributed by atoms with Gasteiger partial charge in [0.25, 0.3) is 11.8 Å². The molecule has 1 saturated carbocycles. The first kappa shape index (κ1) is 17.6. The Morgan fingerprint density at radius 1 is 1.07 bits per heavy atom. The van der Waals surface area contributed by atoms with E-state index in [1.54, 1.807) is 36.4 Å². The molecule has 0 saturated heterocycles. The van der Waals surface area contributed by atoms with Gasteiger partial charge in [-0.3, -0.25) is 19.3 Å². The van der Waals surface area contributed by atoms with Gasteiger partial charge in [-0.25, -0.2) is 0 Å². The van der Waals surface area contributed by atoms with Gasteiger partial charge in [0.15, 0.2) is 0 Å². The molecule has 29 heavy (non-hydrogen) atoms. The van der Waals surface area contributed by atoms with Gasteiger partial charge >= 0.3 is 0 Å². The number of nitriles is 1. The molecule has 0 unspecified atom stereocenters. The van der Waals surface area contributed by atoms with Crippen LogP contribution in [0.3, 0.4) is 0 Å². The van der Waals surface area contributed by atoms with E-state index in [0.29, 0.717) is 42.6 Å². The molecule has 2 aromatic carbocycles. The summed E-state index contributed by atoms with van der Waals surface area (Å²) in [5.74, 6) is -0.547. The van der Waals surface area contributed by atoms with Crippen LogP contribution in [0.1, 0.15) is 57.2 Å². The van der Waals surface area contributed by atoms with Gasteiger partial charge in [-0.05, 0) is 55.2 Å². The predicted octanol–water partition coefficient (Wildman–Crippen LogP) is 2.62. The minimum absolute atomic E-state index is 0.0236. The van der Waals surface area contributed by atoms with Gasteiger partial charge < -0.3 is 4.90 Å². The third-order valence-electron chi connectivity index (χ3n) is 6.55. The number of benzene rings is 2. The lowest BCUT2D eigenvalue weighted by molar-refractivity contribution is -0.145. The van der Waals surface area contributed by atoms with Crippen LogP contribution in [0.15, 0.2) is 42.5 Å². The Labute approximate surface area is 168 Å². The van der Waals surface area contributed by atoms with Gasteiger partial charge in [0.1, 0.15) is 0 Å². The standard InChI is InChI=1S/C23H19N3O3/c1-2-25-13-15-8-7-14(12-24)9-19(15)23(22(25)29)10-16(11-23)26-20(27)17-5-3-4-6-18(17)21(26)28/h3-9,16H,2,10-11,13H2,1H3. The first-order valence-corrected chi connectivity index (χ1v) is 9.80. The summed E-state index contributed by atoms with van der Waals surface area (Å²) < 4.78 is 0. The number of carbonyl (C=O) groups excluding carboxylic acids is 3. The van der Waals surface area contributed by atoms with E-state index >= 15 is 0 Å². The van der Waals surface area contributed by atoms with Crippen LogP contribution in [0, 0.1) is 11.3 Å². The maximum Gasteiger partial charge on any atom is 0.261 e. The van der Waals surface area contributed by atoms with Crippen LogP contribution in [0.25, 0.3) is 0 Å². The van der Waals surface area contributed by atoms with Crippen molar-refractivity contribution in [1.82, 2.24) is 9.80 Å². The van der Waals surface area contributed by atoms with Gasteiger partial charge in [-0.15, -0.1) is 0 Å². The van der Waals surface area contributed by atoms with Crippen LogP contribution in [-0.2, 0) is 16.8 Å². The van der Waals surface area contributed by atoms with Gasteiger partial charge in [0, 0.05) is 19.1 Å². The first-order valence-electron chi connectivity index (χ1n) is 9.80. The number of likely N-dealkylation sites (N-methyl/N-ethyl adjacent to an activating group) is 1. The molecule has 3 amide bonds. The second-order valence-corrected chi connectivity index (χ2v) is 7.97. The highest BCUT2D eigenvalue weighted by atomic mass is 16.2. The van der Waals surface area contributed by atoms with Crippen molar-refractivity contribution in [3.63, 3.8) is 0 Å². The summed E-state index contributed by atoms with van der Waals surface area (Å²) in [4.78, 5) is 42.1. The fourth-order valence-electron chi connectivity index (χ4n) is 5.04. The van der Waals surface area contributed by atoms with Gasteiger partial charge in [0.2, 0.25) is 5.91 Å². The second kappa shape index (κ2) is 6.02. The number of rotatable bonds is 2. The second-order valence-electron chi connectivity index (χ2n) is 7.97. The van der Waals surface area contributed by atoms with Gasteiger partial charge in [-0.2, -0.15) is 5.26 Å². The topological polar surface area (TPSA) is 81.5 Å². The van der Waals surface area contributed by atoms with Gasteiger partial charge in [0.05, 0.1) is 28.2 Å². The lowest BCUT2D eigenvalue weighted by Gasteiger charge is -2.53. The molecule has 0 atom stereocenters. The Balaban J connectivity index is 1.51. The number of carbonyl (C=O) groups is 3. The summed E-state index contributed by atoms with van der Waals surface area (Å²) in [6.07, 6.45) is 0.797. The predicted molar refractivity (Wildman–Crippen MR) is 104 cm³/mol. The number of hydrogen-bond acceptors (Lipinski definition) is 4. The zero-order chi connectivity index (χ0) is 20.3. The highest BCUT2D eigenvalue weighted by molar-refractivity contribution is 6.21. The molecule has 0 N–H and O–H groups in total. The molecule has 6 heteroatoms. The van der Waals surface area contributed by atoms with E-state index in [1.165, 1.54) is 4.90 Å². The lowest BCUT2D eigenvalue weighted by Crippen LogP contribution is -2.63. The summed E-state index contributed by atoms with van der Waals surface area (Å²) in [6, 6.07) is 14.2. The average Bonchev–Trinajstić information content (AvgIpc) is 2.97. The van der Waals surface area contributed by atoms with E-state index < -0.39 is 5.41 Å². The van der Waals surface area contributed by atoms with E-state index in [0.717, 1.165) is 11.1 Å². The number of fused-ring (bicyclic) bond motifs is 3. The van der Waals surface area contributed by atoms with Crippen molar-refractivity contribution in [2.45, 2.75) is 37.8 Å². The van der Waals surface area contributed by atoms with E-state index in [2.05, 4.69) is 6.07 Å². The van der Waals surface area contributed by atoms with Crippen molar-refractivity contribution in [2.75, 3.05) is 6.54 Å². The van der Waals surface area contributed by atoms with Crippen molar-refractivity contribution in [3.05, 3.63) is 70.3 Å². The molecule has 0 bridgehead atoms. The zero-order valence-corrected chi connectivity index (χ0v) is 16.0. The molecule has 2 aliphatic heterocycles. The summed E-state index contributed by atoms with van der Waals surface area (Å²) in [7, 11) is 0.